The van der Waals surface area contributed by atoms with Gasteiger partial charge in [-0.15, -0.1) is 0 Å². The third-order valence-electron chi connectivity index (χ3n) is 8.47. The van der Waals surface area contributed by atoms with E-state index in [0.29, 0.717) is 18.6 Å². The number of carboxylic acids is 1. The van der Waals surface area contributed by atoms with E-state index in [4.69, 9.17) is 5.73 Å². The Labute approximate surface area is 320 Å². The Morgan fingerprint density at radius 3 is 1.87 bits per heavy atom. The van der Waals surface area contributed by atoms with Crippen LogP contribution in [0.25, 0.3) is 0 Å². The number of nitrogens with zero attached hydrogens (tertiary/aromatic N) is 1. The smallest absolute Gasteiger partial charge is 0.326 e. The zero-order valence-electron chi connectivity index (χ0n) is 31.5. The van der Waals surface area contributed by atoms with Crippen molar-refractivity contribution in [3.63, 3.8) is 0 Å². The summed E-state index contributed by atoms with van der Waals surface area (Å²) in [6, 6.07) is -8.26. The summed E-state index contributed by atoms with van der Waals surface area (Å²) in [7, 11) is 0. The van der Waals surface area contributed by atoms with E-state index in [1.807, 2.05) is 6.26 Å². The van der Waals surface area contributed by atoms with Crippen LogP contribution in [0, 0.1) is 11.8 Å². The average molecular weight is 791 g/mol. The second kappa shape index (κ2) is 23.2. The summed E-state index contributed by atoms with van der Waals surface area (Å²) < 4.78 is 0. The molecule has 1 heterocycles. The Bertz CT molecular complexity index is 1300. The molecule has 0 radical (unpaired) electrons. The number of aliphatic hydroxyl groups is 1. The highest BCUT2D eigenvalue weighted by Gasteiger charge is 2.39. The molecule has 18 nitrogen and oxygen atoms in total. The lowest BCUT2D eigenvalue weighted by Crippen LogP contribution is -2.61. The molecule has 0 aliphatic carbocycles. The third kappa shape index (κ3) is 15.3. The van der Waals surface area contributed by atoms with Crippen LogP contribution in [0.2, 0.25) is 0 Å². The number of carbonyl (C=O) groups excluding carboxylic acids is 7. The van der Waals surface area contributed by atoms with Gasteiger partial charge in [-0.1, -0.05) is 27.7 Å². The van der Waals surface area contributed by atoms with E-state index in [-0.39, 0.29) is 37.6 Å². The molecule has 20 heteroatoms. The molecule has 0 saturated carbocycles. The maximum absolute atomic E-state index is 13.5. The number of aliphatic carboxylic acids is 1. The van der Waals surface area contributed by atoms with Crippen LogP contribution in [0.3, 0.4) is 0 Å². The van der Waals surface area contributed by atoms with E-state index in [0.717, 1.165) is 0 Å². The summed E-state index contributed by atoms with van der Waals surface area (Å²) in [5.41, 5.74) is 5.37. The van der Waals surface area contributed by atoms with Gasteiger partial charge in [0.1, 0.15) is 42.3 Å². The number of rotatable bonds is 22. The molecule has 53 heavy (non-hydrogen) atoms. The molecular weight excluding hydrogens is 733 g/mol. The van der Waals surface area contributed by atoms with Crippen LogP contribution in [-0.2, 0) is 38.4 Å². The summed E-state index contributed by atoms with van der Waals surface area (Å²) in [6.07, 6.45) is 1.55. The first-order valence-corrected chi connectivity index (χ1v) is 19.6. The Kier molecular flexibility index (Phi) is 20.8. The molecule has 8 atom stereocenters. The molecular formula is C33H58N8O10S2. The van der Waals surface area contributed by atoms with Gasteiger partial charge in [0.25, 0.3) is 0 Å². The predicted molar refractivity (Wildman–Crippen MR) is 202 cm³/mol. The molecule has 1 rings (SSSR count). The topological polar surface area (TPSA) is 278 Å². The van der Waals surface area contributed by atoms with Crippen molar-refractivity contribution < 1.29 is 48.6 Å². The van der Waals surface area contributed by atoms with Gasteiger partial charge >= 0.3 is 5.97 Å². The van der Waals surface area contributed by atoms with Gasteiger partial charge < -0.3 is 52.7 Å². The van der Waals surface area contributed by atoms with E-state index in [2.05, 4.69) is 44.5 Å². The first-order chi connectivity index (χ1) is 24.8. The lowest BCUT2D eigenvalue weighted by Gasteiger charge is -2.30. The molecule has 302 valence electrons. The molecule has 7 amide bonds. The van der Waals surface area contributed by atoms with Crippen molar-refractivity contribution in [1.82, 2.24) is 36.8 Å². The minimum atomic E-state index is -1.51. The molecule has 1 fully saturated rings. The maximum atomic E-state index is 13.5. The zero-order valence-corrected chi connectivity index (χ0v) is 33.2. The van der Waals surface area contributed by atoms with Gasteiger partial charge in [0, 0.05) is 12.3 Å². The molecule has 0 aromatic rings. The van der Waals surface area contributed by atoms with Gasteiger partial charge in [-0.25, -0.2) is 4.79 Å². The van der Waals surface area contributed by atoms with Gasteiger partial charge in [0.15, 0.2) is 0 Å². The summed E-state index contributed by atoms with van der Waals surface area (Å²) in [5, 5.41) is 35.0. The number of thiol groups is 1. The van der Waals surface area contributed by atoms with Crippen LogP contribution in [0.5, 0.6) is 0 Å². The summed E-state index contributed by atoms with van der Waals surface area (Å²) in [5.74, 6) is -6.39. The van der Waals surface area contributed by atoms with Crippen molar-refractivity contribution in [2.45, 2.75) is 116 Å². The fourth-order valence-corrected chi connectivity index (χ4v) is 6.21. The maximum Gasteiger partial charge on any atom is 0.326 e. The monoisotopic (exact) mass is 790 g/mol. The predicted octanol–water partition coefficient (Wildman–Crippen LogP) is -2.28. The van der Waals surface area contributed by atoms with E-state index in [1.54, 1.807) is 27.7 Å². The van der Waals surface area contributed by atoms with Crippen molar-refractivity contribution >= 4 is 71.7 Å². The van der Waals surface area contributed by atoms with Crippen molar-refractivity contribution in [3.05, 3.63) is 0 Å². The number of amides is 7. The second-order valence-corrected chi connectivity index (χ2v) is 15.1. The number of nitrogens with one attached hydrogen (secondary N) is 6. The number of carboxylic acid groups (broad SMARTS) is 1. The number of aliphatic hydroxyl groups excluding tert-OH is 1. The second-order valence-electron chi connectivity index (χ2n) is 13.8. The standard InChI is InChI=1S/C33H58N8O10S2/c1-16(2)13-21(37-31(48)26(19(6)42)40-28(45)20(10-12-53-7)36-24(43)14-34)29(46)38-22(15-52)30(47)35-18(5)27(44)39-25(17(3)4)32(49)41-11-8-9-23(41)33(50)51/h16-23,25-26,42,52H,8-15,34H2,1-7H3,(H,35,47)(H,36,43)(H,37,48)(H,38,46)(H,39,44)(H,40,45)(H,50,51)/t18-,19+,20-,21-,22-,23-,25-,26-/m0/s1. The number of hydrogen-bond donors (Lipinski definition) is 10. The lowest BCUT2D eigenvalue weighted by atomic mass is 10.0. The van der Waals surface area contributed by atoms with Crippen LogP contribution >= 0.6 is 24.4 Å². The summed E-state index contributed by atoms with van der Waals surface area (Å²) >= 11 is 5.62. The Balaban J connectivity index is 3.03. The van der Waals surface area contributed by atoms with Crippen LogP contribution in [0.15, 0.2) is 0 Å². The van der Waals surface area contributed by atoms with Gasteiger partial charge in [-0.3, -0.25) is 33.6 Å². The average Bonchev–Trinajstić information content (AvgIpc) is 3.59. The number of nitrogens with two attached hydrogens (primary N) is 1. The zero-order chi connectivity index (χ0) is 40.6. The number of hydrogen-bond acceptors (Lipinski definition) is 12. The molecule has 0 bridgehead atoms. The van der Waals surface area contributed by atoms with Crippen LogP contribution in [-0.4, -0.2) is 142 Å². The van der Waals surface area contributed by atoms with Crippen molar-refractivity contribution in [2.24, 2.45) is 17.6 Å². The molecule has 1 aliphatic rings. The minimum Gasteiger partial charge on any atom is -0.480 e. The summed E-state index contributed by atoms with van der Waals surface area (Å²) in [4.78, 5) is 104. The summed E-state index contributed by atoms with van der Waals surface area (Å²) in [6.45, 7) is 9.50. The SMILES string of the molecule is CSCC[C@H](NC(=O)CN)C(=O)N[C@H](C(=O)N[C@@H](CC(C)C)C(=O)N[C@@H](CS)C(=O)N[C@@H](C)C(=O)N[C@H](C(=O)N1CCC[C@H]1C(=O)O)C(C)C)[C@@H](C)O. The fraction of sp³-hybridized carbons (Fsp3) is 0.758. The molecule has 0 unspecified atom stereocenters. The van der Waals surface area contributed by atoms with Crippen LogP contribution in [0.1, 0.15) is 67.2 Å². The number of likely N-dealkylation sites (tertiary alicyclic amines) is 1. The van der Waals surface area contributed by atoms with Gasteiger partial charge in [-0.2, -0.15) is 24.4 Å². The van der Waals surface area contributed by atoms with Crippen molar-refractivity contribution in [3.8, 4) is 0 Å². The van der Waals surface area contributed by atoms with Gasteiger partial charge in [-0.05, 0) is 63.4 Å². The fourth-order valence-electron chi connectivity index (χ4n) is 5.48. The first-order valence-electron chi connectivity index (χ1n) is 17.6. The molecule has 10 N–H and O–H groups in total. The van der Waals surface area contributed by atoms with Crippen molar-refractivity contribution in [2.75, 3.05) is 30.9 Å². The highest BCUT2D eigenvalue weighted by molar-refractivity contribution is 7.98. The normalized spacial score (nSPS) is 18.1. The van der Waals surface area contributed by atoms with E-state index in [9.17, 15) is 48.6 Å². The van der Waals surface area contributed by atoms with E-state index >= 15 is 0 Å². The molecule has 0 aromatic heterocycles. The van der Waals surface area contributed by atoms with E-state index < -0.39 is 102 Å². The molecule has 0 spiro atoms. The Morgan fingerprint density at radius 1 is 0.792 bits per heavy atom. The van der Waals surface area contributed by atoms with Crippen LogP contribution < -0.4 is 37.6 Å². The number of thioether (sulfide) groups is 1. The minimum absolute atomic E-state index is 0.102. The van der Waals surface area contributed by atoms with Gasteiger partial charge in [0.2, 0.25) is 41.4 Å². The molecule has 0 aromatic carbocycles. The molecule has 1 saturated heterocycles. The largest absolute Gasteiger partial charge is 0.480 e. The third-order valence-corrected chi connectivity index (χ3v) is 9.48. The quantitative estimate of drug-likeness (QED) is 0.0520. The van der Waals surface area contributed by atoms with Crippen LogP contribution in [0.4, 0.5) is 0 Å². The van der Waals surface area contributed by atoms with E-state index in [1.165, 1.54) is 30.5 Å². The Morgan fingerprint density at radius 2 is 1.36 bits per heavy atom. The number of carbonyl (C=O) groups is 8. The molecule has 1 aliphatic heterocycles. The highest BCUT2D eigenvalue weighted by atomic mass is 32.2. The van der Waals surface area contributed by atoms with Crippen molar-refractivity contribution in [1.29, 1.82) is 0 Å². The highest BCUT2D eigenvalue weighted by Crippen LogP contribution is 2.20. The lowest BCUT2D eigenvalue weighted by molar-refractivity contribution is -0.150. The Hall–Kier alpha value is -3.62. The van der Waals surface area contributed by atoms with Gasteiger partial charge in [0.05, 0.1) is 12.6 Å². The first kappa shape index (κ1) is 47.4.